The van der Waals surface area contributed by atoms with Gasteiger partial charge in [0, 0.05) is 18.7 Å². The number of nitrogens with one attached hydrogen (secondary N) is 1. The molecule has 2 atom stereocenters. The van der Waals surface area contributed by atoms with Crippen LogP contribution in [-0.2, 0) is 10.0 Å². The summed E-state index contributed by atoms with van der Waals surface area (Å²) in [6.07, 6.45) is 3.79. The summed E-state index contributed by atoms with van der Waals surface area (Å²) in [6, 6.07) is 13.4. The molecule has 0 spiro atoms. The first-order chi connectivity index (χ1) is 14.7. The van der Waals surface area contributed by atoms with Gasteiger partial charge in [-0.2, -0.15) is 5.10 Å². The second kappa shape index (κ2) is 9.40. The molecule has 1 amide bonds. The highest BCUT2D eigenvalue weighted by atomic mass is 32.2. The normalized spacial score (nSPS) is 13.5. The van der Waals surface area contributed by atoms with Crippen LogP contribution in [0.5, 0.6) is 0 Å². The zero-order chi connectivity index (χ0) is 22.6. The first-order valence-electron chi connectivity index (χ1n) is 10.1. The highest BCUT2D eigenvalue weighted by molar-refractivity contribution is 7.89. The van der Waals surface area contributed by atoms with Gasteiger partial charge in [-0.25, -0.2) is 22.8 Å². The van der Waals surface area contributed by atoms with E-state index in [1.165, 1.54) is 18.5 Å². The number of carbonyl (C=O) groups is 1. The van der Waals surface area contributed by atoms with Crippen molar-refractivity contribution in [2.24, 2.45) is 0 Å². The molecule has 3 aromatic rings. The van der Waals surface area contributed by atoms with Crippen LogP contribution in [0.4, 0.5) is 0 Å². The van der Waals surface area contributed by atoms with Gasteiger partial charge in [-0.05, 0) is 62.2 Å². The van der Waals surface area contributed by atoms with Crippen LogP contribution in [0.3, 0.4) is 0 Å². The predicted octanol–water partition coefficient (Wildman–Crippen LogP) is 3.18. The van der Waals surface area contributed by atoms with Crippen molar-refractivity contribution in [2.75, 3.05) is 7.05 Å². The first-order valence-corrected chi connectivity index (χ1v) is 11.6. The van der Waals surface area contributed by atoms with Crippen molar-refractivity contribution in [3.8, 4) is 5.69 Å². The Balaban J connectivity index is 1.72. The van der Waals surface area contributed by atoms with E-state index in [2.05, 4.69) is 14.8 Å². The number of rotatable bonds is 8. The van der Waals surface area contributed by atoms with E-state index in [0.29, 0.717) is 12.0 Å². The van der Waals surface area contributed by atoms with Gasteiger partial charge in [-0.1, -0.05) is 19.1 Å². The van der Waals surface area contributed by atoms with Crippen molar-refractivity contribution >= 4 is 15.9 Å². The minimum Gasteiger partial charge on any atom is -0.335 e. The Hall–Kier alpha value is -3.04. The molecule has 31 heavy (non-hydrogen) atoms. The maximum Gasteiger partial charge on any atom is 0.254 e. The van der Waals surface area contributed by atoms with E-state index in [0.717, 1.165) is 11.3 Å². The molecular formula is C22H27N5O3S. The molecule has 2 aromatic carbocycles. The summed E-state index contributed by atoms with van der Waals surface area (Å²) in [7, 11) is -1.87. The molecule has 0 aliphatic rings. The standard InChI is InChI=1S/C22H27N5O3S/c1-5-16(2)25-31(29,30)21-12-8-19(9-13-21)22(28)26(4)17(3)18-6-10-20(11-7-18)27-15-23-14-24-27/h6-17,25H,5H2,1-4H3. The van der Waals surface area contributed by atoms with Gasteiger partial charge in [-0.3, -0.25) is 4.79 Å². The van der Waals surface area contributed by atoms with Crippen LogP contribution in [0.2, 0.25) is 0 Å². The van der Waals surface area contributed by atoms with E-state index < -0.39 is 10.0 Å². The van der Waals surface area contributed by atoms with E-state index in [1.807, 2.05) is 45.0 Å². The zero-order valence-corrected chi connectivity index (χ0v) is 18.9. The fourth-order valence-corrected chi connectivity index (χ4v) is 4.37. The molecule has 9 heteroatoms. The van der Waals surface area contributed by atoms with Gasteiger partial charge in [0.2, 0.25) is 10.0 Å². The van der Waals surface area contributed by atoms with Crippen LogP contribution in [0.15, 0.2) is 66.1 Å². The average Bonchev–Trinajstić information content (AvgIpc) is 3.32. The van der Waals surface area contributed by atoms with Crippen molar-refractivity contribution in [1.29, 1.82) is 0 Å². The van der Waals surface area contributed by atoms with Crippen LogP contribution in [0, 0.1) is 0 Å². The molecule has 0 saturated carbocycles. The molecule has 0 aliphatic heterocycles. The summed E-state index contributed by atoms with van der Waals surface area (Å²) in [5, 5.41) is 4.10. The number of sulfonamides is 1. The lowest BCUT2D eigenvalue weighted by Crippen LogP contribution is -2.32. The number of carbonyl (C=O) groups excluding carboxylic acids is 1. The van der Waals surface area contributed by atoms with Crippen molar-refractivity contribution in [3.05, 3.63) is 72.3 Å². The lowest BCUT2D eigenvalue weighted by Gasteiger charge is -2.25. The monoisotopic (exact) mass is 441 g/mol. The molecule has 1 heterocycles. The van der Waals surface area contributed by atoms with Crippen LogP contribution in [0.1, 0.15) is 49.2 Å². The lowest BCUT2D eigenvalue weighted by molar-refractivity contribution is 0.0742. The summed E-state index contributed by atoms with van der Waals surface area (Å²) in [4.78, 5) is 18.6. The Kier molecular flexibility index (Phi) is 6.87. The molecule has 0 saturated heterocycles. The van der Waals surface area contributed by atoms with E-state index in [-0.39, 0.29) is 22.9 Å². The average molecular weight is 442 g/mol. The van der Waals surface area contributed by atoms with Crippen molar-refractivity contribution in [3.63, 3.8) is 0 Å². The molecule has 1 aromatic heterocycles. The third-order valence-electron chi connectivity index (χ3n) is 5.34. The minimum absolute atomic E-state index is 0.142. The molecule has 0 radical (unpaired) electrons. The third-order valence-corrected chi connectivity index (χ3v) is 6.95. The molecular weight excluding hydrogens is 414 g/mol. The van der Waals surface area contributed by atoms with Crippen molar-refractivity contribution < 1.29 is 13.2 Å². The fourth-order valence-electron chi connectivity index (χ4n) is 3.04. The van der Waals surface area contributed by atoms with E-state index in [9.17, 15) is 13.2 Å². The van der Waals surface area contributed by atoms with Crippen molar-refractivity contribution in [1.82, 2.24) is 24.4 Å². The van der Waals surface area contributed by atoms with Gasteiger partial charge in [0.15, 0.2) is 0 Å². The van der Waals surface area contributed by atoms with Gasteiger partial charge < -0.3 is 4.90 Å². The third kappa shape index (κ3) is 5.18. The number of benzene rings is 2. The Morgan fingerprint density at radius 3 is 2.29 bits per heavy atom. The second-order valence-corrected chi connectivity index (χ2v) is 9.19. The minimum atomic E-state index is -3.60. The molecule has 0 bridgehead atoms. The fraction of sp³-hybridized carbons (Fsp3) is 0.318. The molecule has 3 rings (SSSR count). The van der Waals surface area contributed by atoms with Crippen LogP contribution in [-0.4, -0.2) is 47.1 Å². The molecule has 164 valence electrons. The highest BCUT2D eigenvalue weighted by Crippen LogP contribution is 2.22. The Labute approximate surface area is 183 Å². The summed E-state index contributed by atoms with van der Waals surface area (Å²) < 4.78 is 29.1. The molecule has 8 nitrogen and oxygen atoms in total. The lowest BCUT2D eigenvalue weighted by atomic mass is 10.1. The summed E-state index contributed by atoms with van der Waals surface area (Å²) in [5.74, 6) is -0.188. The summed E-state index contributed by atoms with van der Waals surface area (Å²) in [6.45, 7) is 5.66. The van der Waals surface area contributed by atoms with Gasteiger partial charge in [0.1, 0.15) is 12.7 Å². The predicted molar refractivity (Wildman–Crippen MR) is 118 cm³/mol. The molecule has 0 aliphatic carbocycles. The van der Waals surface area contributed by atoms with E-state index in [1.54, 1.807) is 35.1 Å². The number of hydrogen-bond donors (Lipinski definition) is 1. The maximum absolute atomic E-state index is 12.9. The number of amides is 1. The van der Waals surface area contributed by atoms with Gasteiger partial charge >= 0.3 is 0 Å². The molecule has 2 unspecified atom stereocenters. The summed E-state index contributed by atoms with van der Waals surface area (Å²) in [5.41, 5.74) is 2.28. The van der Waals surface area contributed by atoms with Crippen LogP contribution >= 0.6 is 0 Å². The van der Waals surface area contributed by atoms with E-state index in [4.69, 9.17) is 0 Å². The van der Waals surface area contributed by atoms with Gasteiger partial charge in [-0.15, -0.1) is 0 Å². The second-order valence-electron chi connectivity index (χ2n) is 7.48. The Morgan fingerprint density at radius 2 is 1.74 bits per heavy atom. The van der Waals surface area contributed by atoms with E-state index >= 15 is 0 Å². The van der Waals surface area contributed by atoms with Crippen molar-refractivity contribution in [2.45, 2.75) is 44.2 Å². The topological polar surface area (TPSA) is 97.2 Å². The van der Waals surface area contributed by atoms with Gasteiger partial charge in [0.05, 0.1) is 16.6 Å². The SMILES string of the molecule is CCC(C)NS(=O)(=O)c1ccc(C(=O)N(C)C(C)c2ccc(-n3cncn3)cc2)cc1. The number of hydrogen-bond acceptors (Lipinski definition) is 5. The smallest absolute Gasteiger partial charge is 0.254 e. The zero-order valence-electron chi connectivity index (χ0n) is 18.1. The first kappa shape index (κ1) is 22.6. The number of nitrogens with zero attached hydrogens (tertiary/aromatic N) is 4. The van der Waals surface area contributed by atoms with Gasteiger partial charge in [0.25, 0.3) is 5.91 Å². The van der Waals surface area contributed by atoms with Crippen LogP contribution < -0.4 is 4.72 Å². The maximum atomic E-state index is 12.9. The van der Waals surface area contributed by atoms with Crippen LogP contribution in [0.25, 0.3) is 5.69 Å². The Bertz CT molecular complexity index is 1110. The summed E-state index contributed by atoms with van der Waals surface area (Å²) >= 11 is 0. The highest BCUT2D eigenvalue weighted by Gasteiger charge is 2.21. The molecule has 1 N–H and O–H groups in total. The quantitative estimate of drug-likeness (QED) is 0.579. The largest absolute Gasteiger partial charge is 0.335 e. The number of aromatic nitrogens is 3. The Morgan fingerprint density at radius 1 is 1.10 bits per heavy atom. The molecule has 0 fully saturated rings.